The number of aliphatic hydroxyl groups excluding tert-OH is 1. The van der Waals surface area contributed by atoms with Gasteiger partial charge in [-0.1, -0.05) is 13.8 Å². The highest BCUT2D eigenvalue weighted by atomic mass is 17.0. The van der Waals surface area contributed by atoms with Gasteiger partial charge in [0, 0.05) is 62.5 Å². The molecule has 0 unspecified atom stereocenters. The summed E-state index contributed by atoms with van der Waals surface area (Å²) < 4.78 is 55.2. The molecule has 1 aromatic heterocycles. The van der Waals surface area contributed by atoms with Gasteiger partial charge in [0.1, 0.15) is 29.5 Å². The van der Waals surface area contributed by atoms with Crippen LogP contribution < -0.4 is 0 Å². The van der Waals surface area contributed by atoms with Crippen molar-refractivity contribution in [3.8, 4) is 0 Å². The van der Waals surface area contributed by atoms with Crippen molar-refractivity contribution in [1.82, 2.24) is 0 Å². The SMILES string of the molecule is COC(=O)[C@@H](O)[C@@H]1[C@]2(C)C[C@@]3(O)[C@@](OC(C)=O)([C@@H]2OC(C)=O)[C@@H]2O[C@]4(C)O[C@]5(C[C@@H](OC(C)=O)[C@@]6(C)C(=CC(=O)O[C@@H]6c6ccoc6)[C@]25O4)[C@@]13C. The van der Waals surface area contributed by atoms with Crippen molar-refractivity contribution < 1.29 is 76.5 Å². The second kappa shape index (κ2) is 9.77. The van der Waals surface area contributed by atoms with Crippen molar-refractivity contribution in [3.05, 3.63) is 35.8 Å². The third kappa shape index (κ3) is 3.43. The van der Waals surface area contributed by atoms with Gasteiger partial charge >= 0.3 is 29.8 Å². The van der Waals surface area contributed by atoms with Crippen LogP contribution in [0.3, 0.4) is 0 Å². The topological polar surface area (TPSA) is 213 Å². The smallest absolute Gasteiger partial charge is 0.335 e. The summed E-state index contributed by atoms with van der Waals surface area (Å²) in [6.45, 7) is 9.82. The maximum absolute atomic E-state index is 13.8. The zero-order valence-corrected chi connectivity index (χ0v) is 29.3. The molecular formula is C35H40O16. The van der Waals surface area contributed by atoms with E-state index in [4.69, 9.17) is 42.3 Å². The maximum atomic E-state index is 13.8. The minimum Gasteiger partial charge on any atom is -0.472 e. The average molecular weight is 717 g/mol. The quantitative estimate of drug-likeness (QED) is 0.314. The van der Waals surface area contributed by atoms with E-state index in [0.29, 0.717) is 5.56 Å². The third-order valence-electron chi connectivity index (χ3n) is 13.4. The van der Waals surface area contributed by atoms with Crippen LogP contribution >= 0.6 is 0 Å². The lowest BCUT2D eigenvalue weighted by molar-refractivity contribution is -0.448. The average Bonchev–Trinajstić information content (AvgIpc) is 3.79. The van der Waals surface area contributed by atoms with Gasteiger partial charge in [0.2, 0.25) is 5.60 Å². The molecule has 16 nitrogen and oxygen atoms in total. The molecule has 4 saturated carbocycles. The third-order valence-corrected chi connectivity index (χ3v) is 13.4. The van der Waals surface area contributed by atoms with E-state index in [1.165, 1.54) is 32.4 Å². The number of methoxy groups -OCH3 is 1. The highest BCUT2D eigenvalue weighted by molar-refractivity contribution is 5.86. The van der Waals surface area contributed by atoms with Gasteiger partial charge in [-0.15, -0.1) is 0 Å². The number of furan rings is 1. The molecule has 14 atom stereocenters. The van der Waals surface area contributed by atoms with E-state index in [2.05, 4.69) is 0 Å². The first-order valence-corrected chi connectivity index (χ1v) is 16.7. The molecule has 0 amide bonds. The molecule has 4 heterocycles. The molecule has 4 bridgehead atoms. The summed E-state index contributed by atoms with van der Waals surface area (Å²) in [6, 6.07) is 1.59. The monoisotopic (exact) mass is 716 g/mol. The number of ether oxygens (including phenoxy) is 8. The molecule has 2 N–H and O–H groups in total. The number of aliphatic hydroxyl groups is 2. The number of hydrogen-bond acceptors (Lipinski definition) is 16. The Bertz CT molecular complexity index is 1820. The molecule has 1 spiro atoms. The summed E-state index contributed by atoms with van der Waals surface area (Å²) in [5, 5.41) is 25.6. The fraction of sp³-hybridized carbons (Fsp3) is 0.686. The predicted molar refractivity (Wildman–Crippen MR) is 162 cm³/mol. The number of carbonyl (C=O) groups excluding carboxylic acids is 5. The number of hydrogen-bond donors (Lipinski definition) is 2. The summed E-state index contributed by atoms with van der Waals surface area (Å²) in [7, 11) is 1.09. The highest BCUT2D eigenvalue weighted by Gasteiger charge is 3.04. The molecule has 276 valence electrons. The van der Waals surface area contributed by atoms with Gasteiger partial charge in [0.25, 0.3) is 5.97 Å². The fourth-order valence-corrected chi connectivity index (χ4v) is 12.3. The van der Waals surface area contributed by atoms with Crippen molar-refractivity contribution in [2.75, 3.05) is 7.11 Å². The van der Waals surface area contributed by atoms with E-state index in [1.54, 1.807) is 26.8 Å². The van der Waals surface area contributed by atoms with Crippen molar-refractivity contribution in [1.29, 1.82) is 0 Å². The summed E-state index contributed by atoms with van der Waals surface area (Å²) >= 11 is 0. The Balaban J connectivity index is 1.52. The highest BCUT2D eigenvalue weighted by Crippen LogP contribution is 2.88. The molecule has 1 aromatic rings. The second-order valence-electron chi connectivity index (χ2n) is 15.7. The summed E-state index contributed by atoms with van der Waals surface area (Å²) in [4.78, 5) is 66.4. The van der Waals surface area contributed by atoms with Gasteiger partial charge < -0.3 is 52.5 Å². The van der Waals surface area contributed by atoms with Gasteiger partial charge in [-0.2, -0.15) is 0 Å². The van der Waals surface area contributed by atoms with Gasteiger partial charge in [0.05, 0.1) is 25.1 Å². The first-order chi connectivity index (χ1) is 23.7. The minimum atomic E-state index is -2.31. The van der Waals surface area contributed by atoms with Crippen LogP contribution in [0.15, 0.2) is 34.7 Å². The molecule has 3 aliphatic heterocycles. The van der Waals surface area contributed by atoms with Crippen molar-refractivity contribution >= 4 is 29.8 Å². The standard InChI is InChI=1S/C35H40O16/c1-15(36)45-20-12-33-30(6)23(22(40)25(41)43-8)28(4)14-32(30,42)35(48-17(3)38,26(28)46-16(2)37)27-34(33,51-31(7,49-27)50-33)19-11-21(39)47-24(29(19,20)5)18-9-10-44-13-18/h9-11,13,20,22-24,26-27,40,42H,12,14H2,1-8H3/t20-,22+,23-,24-,26-,27-,28+,29-,30+,31-,32+,33-,34+,35-/m1/s1. The lowest BCUT2D eigenvalue weighted by Crippen LogP contribution is -2.94. The summed E-state index contributed by atoms with van der Waals surface area (Å²) in [6.07, 6.45) is -4.03. The zero-order chi connectivity index (χ0) is 37.1. The predicted octanol–water partition coefficient (Wildman–Crippen LogP) is 1.30. The number of esters is 5. The first-order valence-electron chi connectivity index (χ1n) is 16.7. The van der Waals surface area contributed by atoms with Gasteiger partial charge in [0.15, 0.2) is 17.8 Å². The Morgan fingerprint density at radius 3 is 2.27 bits per heavy atom. The summed E-state index contributed by atoms with van der Waals surface area (Å²) in [5.74, 6) is -7.63. The van der Waals surface area contributed by atoms with E-state index in [-0.39, 0.29) is 18.4 Å². The molecule has 4 aliphatic carbocycles. The Morgan fingerprint density at radius 2 is 1.69 bits per heavy atom. The molecular weight excluding hydrogens is 676 g/mol. The van der Waals surface area contributed by atoms with Gasteiger partial charge in [-0.25, -0.2) is 9.59 Å². The van der Waals surface area contributed by atoms with Crippen LogP contribution in [0.25, 0.3) is 0 Å². The largest absolute Gasteiger partial charge is 0.472 e. The fourth-order valence-electron chi connectivity index (χ4n) is 12.3. The molecule has 6 fully saturated rings. The Morgan fingerprint density at radius 1 is 1.00 bits per heavy atom. The number of carbonyl (C=O) groups is 5. The molecule has 8 rings (SSSR count). The number of fused-ring (bicyclic) bond motifs is 4. The molecule has 0 radical (unpaired) electrons. The van der Waals surface area contributed by atoms with E-state index in [0.717, 1.165) is 21.0 Å². The van der Waals surface area contributed by atoms with E-state index in [1.807, 2.05) is 0 Å². The van der Waals surface area contributed by atoms with Crippen LogP contribution in [-0.2, 0) is 61.9 Å². The Hall–Kier alpha value is -3.83. The molecule has 0 aromatic carbocycles. The summed E-state index contributed by atoms with van der Waals surface area (Å²) in [5.41, 5.74) is -12.9. The zero-order valence-electron chi connectivity index (χ0n) is 29.3. The first kappa shape index (κ1) is 34.3. The second-order valence-corrected chi connectivity index (χ2v) is 15.7. The lowest BCUT2D eigenvalue weighted by Gasteiger charge is -2.76. The Labute approximate surface area is 291 Å². The van der Waals surface area contributed by atoms with E-state index < -0.39 is 111 Å². The molecule has 7 aliphatic rings. The van der Waals surface area contributed by atoms with Crippen molar-refractivity contribution in [3.63, 3.8) is 0 Å². The number of cyclic esters (lactones) is 1. The van der Waals surface area contributed by atoms with Crippen molar-refractivity contribution in [2.24, 2.45) is 22.2 Å². The molecule has 16 heteroatoms. The number of rotatable bonds is 6. The Kier molecular flexibility index (Phi) is 6.57. The van der Waals surface area contributed by atoms with Crippen LogP contribution in [0, 0.1) is 22.2 Å². The molecule has 2 saturated heterocycles. The van der Waals surface area contributed by atoms with E-state index >= 15 is 0 Å². The van der Waals surface area contributed by atoms with Gasteiger partial charge in [-0.3, -0.25) is 14.4 Å². The van der Waals surface area contributed by atoms with Crippen molar-refractivity contribution in [2.45, 2.75) is 120 Å². The van der Waals surface area contributed by atoms with Crippen LogP contribution in [0.1, 0.15) is 73.0 Å². The molecule has 51 heavy (non-hydrogen) atoms. The van der Waals surface area contributed by atoms with Crippen LogP contribution in [0.2, 0.25) is 0 Å². The lowest BCUT2D eigenvalue weighted by atomic mass is 9.34. The minimum absolute atomic E-state index is 0.143. The van der Waals surface area contributed by atoms with Gasteiger partial charge in [-0.05, 0) is 25.0 Å². The van der Waals surface area contributed by atoms with Crippen LogP contribution in [-0.4, -0.2) is 100.0 Å². The normalized spacial score (nSPS) is 50.0. The maximum Gasteiger partial charge on any atom is 0.335 e. The van der Waals surface area contributed by atoms with Crippen LogP contribution in [0.4, 0.5) is 0 Å². The van der Waals surface area contributed by atoms with Crippen LogP contribution in [0.5, 0.6) is 0 Å². The van der Waals surface area contributed by atoms with E-state index in [9.17, 15) is 34.2 Å².